The number of nitrogens with two attached hydrogens (primary N) is 1. The molecule has 1 unspecified atom stereocenters. The zero-order chi connectivity index (χ0) is 13.1. The summed E-state index contributed by atoms with van der Waals surface area (Å²) in [6.07, 6.45) is 3.23. The van der Waals surface area contributed by atoms with Crippen LogP contribution in [0.4, 0.5) is 8.78 Å². The van der Waals surface area contributed by atoms with Crippen molar-refractivity contribution in [2.75, 3.05) is 7.11 Å². The van der Waals surface area contributed by atoms with E-state index in [2.05, 4.69) is 5.10 Å². The molecule has 2 rings (SSSR count). The van der Waals surface area contributed by atoms with Crippen molar-refractivity contribution in [3.8, 4) is 5.75 Å². The second-order valence-electron chi connectivity index (χ2n) is 3.88. The van der Waals surface area contributed by atoms with Crippen LogP contribution in [0.2, 0.25) is 0 Å². The molecule has 1 atom stereocenters. The maximum absolute atomic E-state index is 13.1. The van der Waals surface area contributed by atoms with Gasteiger partial charge in [-0.15, -0.1) is 0 Å². The SMILES string of the molecule is COc1cnn(CC(N)c2ccc(F)c(F)c2)c1. The minimum Gasteiger partial charge on any atom is -0.493 e. The summed E-state index contributed by atoms with van der Waals surface area (Å²) in [6, 6.07) is 3.16. The maximum Gasteiger partial charge on any atom is 0.159 e. The van der Waals surface area contributed by atoms with Gasteiger partial charge in [-0.3, -0.25) is 4.68 Å². The lowest BCUT2D eigenvalue weighted by molar-refractivity contribution is 0.413. The average molecular weight is 253 g/mol. The summed E-state index contributed by atoms with van der Waals surface area (Å²) in [7, 11) is 1.54. The van der Waals surface area contributed by atoms with Crippen LogP contribution >= 0.6 is 0 Å². The van der Waals surface area contributed by atoms with E-state index in [9.17, 15) is 8.78 Å². The van der Waals surface area contributed by atoms with Crippen molar-refractivity contribution < 1.29 is 13.5 Å². The summed E-state index contributed by atoms with van der Waals surface area (Å²) in [5, 5.41) is 4.04. The van der Waals surface area contributed by atoms with Gasteiger partial charge in [0.25, 0.3) is 0 Å². The number of hydrogen-bond donors (Lipinski definition) is 1. The van der Waals surface area contributed by atoms with E-state index in [0.29, 0.717) is 17.9 Å². The molecule has 2 aromatic rings. The Balaban J connectivity index is 2.11. The van der Waals surface area contributed by atoms with Gasteiger partial charge in [0.15, 0.2) is 17.4 Å². The third kappa shape index (κ3) is 2.65. The van der Waals surface area contributed by atoms with Gasteiger partial charge in [0.1, 0.15) is 0 Å². The molecule has 18 heavy (non-hydrogen) atoms. The number of ether oxygens (including phenoxy) is 1. The van der Waals surface area contributed by atoms with Crippen LogP contribution in [-0.2, 0) is 6.54 Å². The van der Waals surface area contributed by atoms with E-state index < -0.39 is 17.7 Å². The van der Waals surface area contributed by atoms with Crippen LogP contribution in [0.3, 0.4) is 0 Å². The molecule has 0 fully saturated rings. The van der Waals surface area contributed by atoms with E-state index in [1.165, 1.54) is 13.2 Å². The van der Waals surface area contributed by atoms with Crippen molar-refractivity contribution in [3.63, 3.8) is 0 Å². The fourth-order valence-electron chi connectivity index (χ4n) is 1.60. The summed E-state index contributed by atoms with van der Waals surface area (Å²) < 4.78 is 32.4. The molecular weight excluding hydrogens is 240 g/mol. The Morgan fingerprint density at radius 2 is 2.17 bits per heavy atom. The molecule has 0 saturated heterocycles. The van der Waals surface area contributed by atoms with Gasteiger partial charge < -0.3 is 10.5 Å². The van der Waals surface area contributed by atoms with E-state index in [4.69, 9.17) is 10.5 Å². The second-order valence-corrected chi connectivity index (χ2v) is 3.88. The minimum atomic E-state index is -0.902. The molecule has 0 radical (unpaired) electrons. The summed E-state index contributed by atoms with van der Waals surface area (Å²) in [5.74, 6) is -1.17. The molecule has 0 spiro atoms. The normalized spacial score (nSPS) is 12.4. The molecule has 0 bridgehead atoms. The molecule has 0 saturated carbocycles. The van der Waals surface area contributed by atoms with Crippen LogP contribution in [0.5, 0.6) is 5.75 Å². The van der Waals surface area contributed by atoms with Gasteiger partial charge in [-0.2, -0.15) is 5.10 Å². The monoisotopic (exact) mass is 253 g/mol. The lowest BCUT2D eigenvalue weighted by Gasteiger charge is -2.12. The van der Waals surface area contributed by atoms with E-state index in [1.807, 2.05) is 0 Å². The Bertz CT molecular complexity index is 542. The highest BCUT2D eigenvalue weighted by molar-refractivity contribution is 5.21. The molecule has 96 valence electrons. The number of hydrogen-bond acceptors (Lipinski definition) is 3. The zero-order valence-electron chi connectivity index (χ0n) is 9.81. The molecule has 4 nitrogen and oxygen atoms in total. The first-order valence-corrected chi connectivity index (χ1v) is 5.37. The Morgan fingerprint density at radius 1 is 1.39 bits per heavy atom. The molecule has 6 heteroatoms. The first kappa shape index (κ1) is 12.5. The molecule has 0 aliphatic rings. The standard InChI is InChI=1S/C12H13F2N3O/c1-18-9-5-16-17(6-9)7-12(15)8-2-3-10(13)11(14)4-8/h2-6,12H,7,15H2,1H3. The van der Waals surface area contributed by atoms with E-state index in [0.717, 1.165) is 12.1 Å². The maximum atomic E-state index is 13.1. The number of benzene rings is 1. The second kappa shape index (κ2) is 5.14. The third-order valence-corrected chi connectivity index (χ3v) is 2.60. The summed E-state index contributed by atoms with van der Waals surface area (Å²) in [5.41, 5.74) is 6.42. The van der Waals surface area contributed by atoms with Gasteiger partial charge in [-0.25, -0.2) is 8.78 Å². The Morgan fingerprint density at radius 3 is 2.78 bits per heavy atom. The summed E-state index contributed by atoms with van der Waals surface area (Å²) in [4.78, 5) is 0. The molecule has 1 aromatic heterocycles. The molecule has 2 N–H and O–H groups in total. The summed E-state index contributed by atoms with van der Waals surface area (Å²) >= 11 is 0. The van der Waals surface area contributed by atoms with Gasteiger partial charge in [0.2, 0.25) is 0 Å². The van der Waals surface area contributed by atoms with Crippen molar-refractivity contribution in [1.29, 1.82) is 0 Å². The van der Waals surface area contributed by atoms with Crippen molar-refractivity contribution >= 4 is 0 Å². The minimum absolute atomic E-state index is 0.356. The molecule has 0 aliphatic heterocycles. The topological polar surface area (TPSA) is 53.1 Å². The van der Waals surface area contributed by atoms with Gasteiger partial charge >= 0.3 is 0 Å². The number of nitrogens with zero attached hydrogens (tertiary/aromatic N) is 2. The number of rotatable bonds is 4. The number of aromatic nitrogens is 2. The van der Waals surface area contributed by atoms with Gasteiger partial charge in [0.05, 0.1) is 26.0 Å². The number of halogens is 2. The first-order chi connectivity index (χ1) is 8.60. The van der Waals surface area contributed by atoms with E-state index in [1.54, 1.807) is 17.1 Å². The van der Waals surface area contributed by atoms with Crippen LogP contribution in [0.25, 0.3) is 0 Å². The van der Waals surface area contributed by atoms with Crippen LogP contribution in [-0.4, -0.2) is 16.9 Å². The summed E-state index contributed by atoms with van der Waals surface area (Å²) in [6.45, 7) is 0.356. The lowest BCUT2D eigenvalue weighted by atomic mass is 10.1. The van der Waals surface area contributed by atoms with Gasteiger partial charge in [0, 0.05) is 6.04 Å². The Kier molecular flexibility index (Phi) is 3.57. The molecule has 1 heterocycles. The van der Waals surface area contributed by atoms with Crippen molar-refractivity contribution in [3.05, 3.63) is 47.8 Å². The highest BCUT2D eigenvalue weighted by Crippen LogP contribution is 2.17. The Hall–Kier alpha value is -1.95. The molecule has 0 amide bonds. The first-order valence-electron chi connectivity index (χ1n) is 5.37. The smallest absolute Gasteiger partial charge is 0.159 e. The van der Waals surface area contributed by atoms with Crippen LogP contribution in [0, 0.1) is 11.6 Å². The van der Waals surface area contributed by atoms with E-state index in [-0.39, 0.29) is 0 Å². The van der Waals surface area contributed by atoms with Gasteiger partial charge in [-0.1, -0.05) is 6.07 Å². The highest BCUT2D eigenvalue weighted by atomic mass is 19.2. The van der Waals surface area contributed by atoms with Crippen molar-refractivity contribution in [2.45, 2.75) is 12.6 Å². The molecule has 0 aliphatic carbocycles. The predicted octanol–water partition coefficient (Wildman–Crippen LogP) is 1.87. The third-order valence-electron chi connectivity index (χ3n) is 2.60. The van der Waals surface area contributed by atoms with Gasteiger partial charge in [-0.05, 0) is 17.7 Å². The molecular formula is C12H13F2N3O. The largest absolute Gasteiger partial charge is 0.493 e. The van der Waals surface area contributed by atoms with Crippen LogP contribution in [0.15, 0.2) is 30.6 Å². The number of methoxy groups -OCH3 is 1. The highest BCUT2D eigenvalue weighted by Gasteiger charge is 2.11. The molecule has 1 aromatic carbocycles. The quantitative estimate of drug-likeness (QED) is 0.905. The fourth-order valence-corrected chi connectivity index (χ4v) is 1.60. The van der Waals surface area contributed by atoms with Crippen LogP contribution < -0.4 is 10.5 Å². The Labute approximate surface area is 103 Å². The predicted molar refractivity (Wildman–Crippen MR) is 62.1 cm³/mol. The average Bonchev–Trinajstić information content (AvgIpc) is 2.80. The van der Waals surface area contributed by atoms with Crippen molar-refractivity contribution in [2.24, 2.45) is 5.73 Å². The lowest BCUT2D eigenvalue weighted by Crippen LogP contribution is -2.18. The fraction of sp³-hybridized carbons (Fsp3) is 0.250. The van der Waals surface area contributed by atoms with Crippen molar-refractivity contribution in [1.82, 2.24) is 9.78 Å². The van der Waals surface area contributed by atoms with Crippen LogP contribution in [0.1, 0.15) is 11.6 Å². The van der Waals surface area contributed by atoms with E-state index >= 15 is 0 Å². The zero-order valence-corrected chi connectivity index (χ0v) is 9.81.